The van der Waals surface area contributed by atoms with Gasteiger partial charge in [-0.1, -0.05) is 13.8 Å². The Bertz CT molecular complexity index is 419. The van der Waals surface area contributed by atoms with Gasteiger partial charge in [0, 0.05) is 6.04 Å². The van der Waals surface area contributed by atoms with Crippen molar-refractivity contribution < 1.29 is 9.53 Å². The van der Waals surface area contributed by atoms with Gasteiger partial charge in [0.2, 0.25) is 0 Å². The normalized spacial score (nSPS) is 12.3. The zero-order chi connectivity index (χ0) is 13.7. The summed E-state index contributed by atoms with van der Waals surface area (Å²) in [6.45, 7) is 8.37. The largest absolute Gasteiger partial charge is 0.462 e. The van der Waals surface area contributed by atoms with E-state index < -0.39 is 5.97 Å². The number of nitrogens with zero attached hydrogens (tertiary/aromatic N) is 1. The van der Waals surface area contributed by atoms with Crippen molar-refractivity contribution >= 4 is 17.5 Å². The van der Waals surface area contributed by atoms with Crippen LogP contribution in [0.25, 0.3) is 0 Å². The lowest BCUT2D eigenvalue weighted by atomic mass is 10.1. The Hall–Kier alpha value is -1.78. The van der Waals surface area contributed by atoms with Gasteiger partial charge in [0.1, 0.15) is 5.82 Å². The van der Waals surface area contributed by atoms with E-state index in [2.05, 4.69) is 31.1 Å². The van der Waals surface area contributed by atoms with Crippen molar-refractivity contribution in [3.63, 3.8) is 0 Å². The predicted octanol–water partition coefficient (Wildman–Crippen LogP) is 2.30. The van der Waals surface area contributed by atoms with E-state index in [4.69, 9.17) is 10.5 Å². The van der Waals surface area contributed by atoms with Crippen LogP contribution in [0.1, 0.15) is 38.1 Å². The van der Waals surface area contributed by atoms with Crippen LogP contribution in [0.2, 0.25) is 0 Å². The summed E-state index contributed by atoms with van der Waals surface area (Å²) >= 11 is 0. The van der Waals surface area contributed by atoms with Gasteiger partial charge in [-0.15, -0.1) is 0 Å². The third-order valence-corrected chi connectivity index (χ3v) is 2.81. The molecule has 5 heteroatoms. The number of aromatic nitrogens is 1. The number of carbonyl (C=O) groups is 1. The molecule has 1 atom stereocenters. The van der Waals surface area contributed by atoms with E-state index in [-0.39, 0.29) is 6.04 Å². The molecule has 0 aliphatic heterocycles. The van der Waals surface area contributed by atoms with E-state index in [1.807, 2.05) is 0 Å². The molecule has 0 radical (unpaired) electrons. The van der Waals surface area contributed by atoms with Gasteiger partial charge in [-0.3, -0.25) is 0 Å². The number of anilines is 2. The number of carbonyl (C=O) groups excluding carboxylic acids is 1. The van der Waals surface area contributed by atoms with Crippen LogP contribution in [0.15, 0.2) is 12.3 Å². The second-order valence-corrected chi connectivity index (χ2v) is 4.55. The number of ether oxygens (including phenoxy) is 1. The van der Waals surface area contributed by atoms with Crippen molar-refractivity contribution in [2.24, 2.45) is 5.92 Å². The molecule has 5 nitrogen and oxygen atoms in total. The average Bonchev–Trinajstić information content (AvgIpc) is 2.31. The molecule has 0 saturated heterocycles. The summed E-state index contributed by atoms with van der Waals surface area (Å²) in [7, 11) is 0. The van der Waals surface area contributed by atoms with E-state index in [1.54, 1.807) is 13.0 Å². The van der Waals surface area contributed by atoms with Crippen LogP contribution < -0.4 is 11.1 Å². The Morgan fingerprint density at radius 2 is 2.17 bits per heavy atom. The molecule has 1 aromatic heterocycles. The number of pyridine rings is 1. The van der Waals surface area contributed by atoms with Gasteiger partial charge in [0.15, 0.2) is 0 Å². The van der Waals surface area contributed by atoms with Crippen LogP contribution in [-0.2, 0) is 4.74 Å². The third-order valence-electron chi connectivity index (χ3n) is 2.81. The summed E-state index contributed by atoms with van der Waals surface area (Å²) in [5.74, 6) is 0.682. The molecule has 0 amide bonds. The molecule has 1 heterocycles. The molecule has 18 heavy (non-hydrogen) atoms. The number of hydrogen-bond acceptors (Lipinski definition) is 5. The zero-order valence-corrected chi connectivity index (χ0v) is 11.4. The standard InChI is InChI=1S/C13H21N3O2/c1-5-18-13(17)10-6-12(15-7-11(10)14)16-9(4)8(2)3/h6-9H,5,14H2,1-4H3,(H,15,16). The van der Waals surface area contributed by atoms with Crippen molar-refractivity contribution in [1.82, 2.24) is 4.98 Å². The Kier molecular flexibility index (Phi) is 4.95. The average molecular weight is 251 g/mol. The van der Waals surface area contributed by atoms with Crippen LogP contribution in [-0.4, -0.2) is 23.6 Å². The second kappa shape index (κ2) is 6.23. The first-order chi connectivity index (χ1) is 8.45. The van der Waals surface area contributed by atoms with E-state index in [1.165, 1.54) is 6.20 Å². The predicted molar refractivity (Wildman–Crippen MR) is 72.5 cm³/mol. The maximum atomic E-state index is 11.7. The molecule has 100 valence electrons. The number of esters is 1. The van der Waals surface area contributed by atoms with Crippen molar-refractivity contribution in [3.8, 4) is 0 Å². The number of hydrogen-bond donors (Lipinski definition) is 2. The Balaban J connectivity index is 2.90. The molecular formula is C13H21N3O2. The zero-order valence-electron chi connectivity index (χ0n) is 11.4. The SMILES string of the molecule is CCOC(=O)c1cc(NC(C)C(C)C)ncc1N. The first-order valence-corrected chi connectivity index (χ1v) is 6.14. The first-order valence-electron chi connectivity index (χ1n) is 6.14. The van der Waals surface area contributed by atoms with E-state index >= 15 is 0 Å². The van der Waals surface area contributed by atoms with E-state index in [9.17, 15) is 4.79 Å². The number of rotatable bonds is 5. The molecular weight excluding hydrogens is 230 g/mol. The molecule has 0 aliphatic carbocycles. The van der Waals surface area contributed by atoms with Crippen molar-refractivity contribution in [3.05, 3.63) is 17.8 Å². The molecule has 0 bridgehead atoms. The minimum absolute atomic E-state index is 0.260. The molecule has 0 saturated carbocycles. The van der Waals surface area contributed by atoms with Crippen molar-refractivity contribution in [2.45, 2.75) is 33.7 Å². The lowest BCUT2D eigenvalue weighted by Gasteiger charge is -2.18. The number of nitrogen functional groups attached to an aromatic ring is 1. The lowest BCUT2D eigenvalue weighted by molar-refractivity contribution is 0.0527. The molecule has 0 aromatic carbocycles. The fraction of sp³-hybridized carbons (Fsp3) is 0.538. The summed E-state index contributed by atoms with van der Waals surface area (Å²) in [5, 5.41) is 3.23. The minimum Gasteiger partial charge on any atom is -0.462 e. The third kappa shape index (κ3) is 3.61. The van der Waals surface area contributed by atoms with Gasteiger partial charge < -0.3 is 15.8 Å². The minimum atomic E-state index is -0.419. The fourth-order valence-electron chi connectivity index (χ4n) is 1.33. The highest BCUT2D eigenvalue weighted by Crippen LogP contribution is 2.17. The number of nitrogens with one attached hydrogen (secondary N) is 1. The van der Waals surface area contributed by atoms with Gasteiger partial charge in [-0.25, -0.2) is 9.78 Å². The first kappa shape index (κ1) is 14.3. The molecule has 1 rings (SSSR count). The highest BCUT2D eigenvalue weighted by Gasteiger charge is 2.14. The van der Waals surface area contributed by atoms with Gasteiger partial charge in [-0.05, 0) is 25.8 Å². The highest BCUT2D eigenvalue weighted by molar-refractivity contribution is 5.95. The second-order valence-electron chi connectivity index (χ2n) is 4.55. The molecule has 0 aliphatic rings. The summed E-state index contributed by atoms with van der Waals surface area (Å²) in [4.78, 5) is 15.8. The molecule has 1 unspecified atom stereocenters. The van der Waals surface area contributed by atoms with Gasteiger partial charge in [0.25, 0.3) is 0 Å². The van der Waals surface area contributed by atoms with Crippen LogP contribution in [0.3, 0.4) is 0 Å². The molecule has 0 spiro atoms. The van der Waals surface area contributed by atoms with E-state index in [0.29, 0.717) is 29.6 Å². The van der Waals surface area contributed by atoms with Crippen LogP contribution in [0.4, 0.5) is 11.5 Å². The van der Waals surface area contributed by atoms with Crippen LogP contribution >= 0.6 is 0 Å². The maximum Gasteiger partial charge on any atom is 0.340 e. The highest BCUT2D eigenvalue weighted by atomic mass is 16.5. The maximum absolute atomic E-state index is 11.7. The van der Waals surface area contributed by atoms with Gasteiger partial charge in [-0.2, -0.15) is 0 Å². The van der Waals surface area contributed by atoms with Crippen molar-refractivity contribution in [1.29, 1.82) is 0 Å². The van der Waals surface area contributed by atoms with Gasteiger partial charge >= 0.3 is 5.97 Å². The molecule has 1 aromatic rings. The summed E-state index contributed by atoms with van der Waals surface area (Å²) < 4.78 is 4.94. The molecule has 3 N–H and O–H groups in total. The Labute approximate surface area is 108 Å². The quantitative estimate of drug-likeness (QED) is 0.785. The van der Waals surface area contributed by atoms with Crippen LogP contribution in [0, 0.1) is 5.92 Å². The Morgan fingerprint density at radius 3 is 2.72 bits per heavy atom. The van der Waals surface area contributed by atoms with Crippen molar-refractivity contribution in [2.75, 3.05) is 17.7 Å². The Morgan fingerprint density at radius 1 is 1.50 bits per heavy atom. The topological polar surface area (TPSA) is 77.2 Å². The summed E-state index contributed by atoms with van der Waals surface area (Å²) in [6.07, 6.45) is 1.47. The summed E-state index contributed by atoms with van der Waals surface area (Å²) in [5.41, 5.74) is 6.40. The lowest BCUT2D eigenvalue weighted by Crippen LogP contribution is -2.22. The number of nitrogens with two attached hydrogens (primary N) is 1. The smallest absolute Gasteiger partial charge is 0.340 e. The van der Waals surface area contributed by atoms with Gasteiger partial charge in [0.05, 0.1) is 24.1 Å². The monoisotopic (exact) mass is 251 g/mol. The molecule has 0 fully saturated rings. The van der Waals surface area contributed by atoms with Crippen LogP contribution in [0.5, 0.6) is 0 Å². The van der Waals surface area contributed by atoms with E-state index in [0.717, 1.165) is 0 Å². The summed E-state index contributed by atoms with van der Waals surface area (Å²) in [6, 6.07) is 1.89. The fourth-order valence-corrected chi connectivity index (χ4v) is 1.33.